The van der Waals surface area contributed by atoms with Crippen molar-refractivity contribution in [2.75, 3.05) is 23.7 Å². The Kier molecular flexibility index (Phi) is 2.04. The lowest BCUT2D eigenvalue weighted by atomic mass is 10.4. The highest BCUT2D eigenvalue weighted by Crippen LogP contribution is 2.23. The third kappa shape index (κ3) is 1.46. The molecule has 2 heterocycles. The highest BCUT2D eigenvalue weighted by Gasteiger charge is 2.06. The van der Waals surface area contributed by atoms with E-state index >= 15 is 0 Å². The van der Waals surface area contributed by atoms with Gasteiger partial charge in [0, 0.05) is 19.3 Å². The van der Waals surface area contributed by atoms with Gasteiger partial charge in [0.15, 0.2) is 0 Å². The highest BCUT2D eigenvalue weighted by molar-refractivity contribution is 6.30. The number of anilines is 2. The molecule has 0 fully saturated rings. The van der Waals surface area contributed by atoms with Crippen LogP contribution in [0.2, 0.25) is 5.02 Å². The molecule has 2 rings (SSSR count). The quantitative estimate of drug-likeness (QED) is 0.646. The van der Waals surface area contributed by atoms with Crippen molar-refractivity contribution in [3.63, 3.8) is 0 Å². The maximum absolute atomic E-state index is 5.80. The number of nitrogens with zero attached hydrogens (tertiary/aromatic N) is 1. The van der Waals surface area contributed by atoms with Crippen LogP contribution in [-0.2, 0) is 0 Å². The van der Waals surface area contributed by atoms with Crippen molar-refractivity contribution in [1.29, 1.82) is 0 Å². The first kappa shape index (κ1) is 7.68. The fourth-order valence-corrected chi connectivity index (χ4v) is 1.39. The first-order valence-corrected chi connectivity index (χ1v) is 4.37. The van der Waals surface area contributed by atoms with Gasteiger partial charge in [-0.3, -0.25) is 0 Å². The van der Waals surface area contributed by atoms with Crippen LogP contribution >= 0.6 is 11.6 Å². The average molecular weight is 184 g/mol. The Hall–Kier alpha value is -0.960. The molecule has 0 radical (unpaired) electrons. The molecule has 0 amide bonds. The average Bonchev–Trinajstić information content (AvgIpc) is 2.28. The monoisotopic (exact) mass is 183 g/mol. The molecule has 0 unspecified atom stereocenters. The molecule has 64 valence electrons. The predicted octanol–water partition coefficient (Wildman–Crippen LogP) is 1.96. The second-order valence-electron chi connectivity index (χ2n) is 2.76. The maximum atomic E-state index is 5.80. The van der Waals surface area contributed by atoms with Crippen LogP contribution in [0.3, 0.4) is 0 Å². The van der Waals surface area contributed by atoms with E-state index in [9.17, 15) is 0 Å². The lowest BCUT2D eigenvalue weighted by Crippen LogP contribution is -2.01. The molecule has 1 aliphatic heterocycles. The fraction of sp³-hybridized carbons (Fsp3) is 0.375. The summed E-state index contributed by atoms with van der Waals surface area (Å²) in [5, 5.41) is 7.15. The van der Waals surface area contributed by atoms with Crippen molar-refractivity contribution < 1.29 is 0 Å². The minimum Gasteiger partial charge on any atom is -0.382 e. The molecule has 0 bridgehead atoms. The van der Waals surface area contributed by atoms with Crippen molar-refractivity contribution >= 4 is 23.1 Å². The Bertz CT molecular complexity index is 288. The summed E-state index contributed by atoms with van der Waals surface area (Å²) in [6.07, 6.45) is 2.76. The van der Waals surface area contributed by atoms with E-state index in [0.717, 1.165) is 31.0 Å². The van der Waals surface area contributed by atoms with Crippen LogP contribution in [0.15, 0.2) is 12.3 Å². The Morgan fingerprint density at radius 2 is 2.17 bits per heavy atom. The van der Waals surface area contributed by atoms with Crippen molar-refractivity contribution in [3.05, 3.63) is 17.3 Å². The molecule has 0 aliphatic carbocycles. The van der Waals surface area contributed by atoms with Crippen molar-refractivity contribution in [2.24, 2.45) is 0 Å². The summed E-state index contributed by atoms with van der Waals surface area (Å²) in [5.41, 5.74) is 1.00. The summed E-state index contributed by atoms with van der Waals surface area (Å²) < 4.78 is 0. The van der Waals surface area contributed by atoms with Crippen LogP contribution in [0.4, 0.5) is 11.5 Å². The van der Waals surface area contributed by atoms with Gasteiger partial charge in [0.2, 0.25) is 0 Å². The van der Waals surface area contributed by atoms with Crippen molar-refractivity contribution in [1.82, 2.24) is 4.98 Å². The van der Waals surface area contributed by atoms with Crippen molar-refractivity contribution in [2.45, 2.75) is 6.42 Å². The number of fused-ring (bicyclic) bond motifs is 1. The van der Waals surface area contributed by atoms with E-state index in [1.54, 1.807) is 6.20 Å². The summed E-state index contributed by atoms with van der Waals surface area (Å²) in [6, 6.07) is 1.89. The Morgan fingerprint density at radius 3 is 3.08 bits per heavy atom. The van der Waals surface area contributed by atoms with Crippen LogP contribution in [-0.4, -0.2) is 18.1 Å². The fourth-order valence-electron chi connectivity index (χ4n) is 1.23. The summed E-state index contributed by atoms with van der Waals surface area (Å²) >= 11 is 5.80. The molecule has 4 heteroatoms. The number of hydrogen-bond acceptors (Lipinski definition) is 3. The zero-order valence-electron chi connectivity index (χ0n) is 6.60. The molecular weight excluding hydrogens is 174 g/mol. The smallest absolute Gasteiger partial charge is 0.149 e. The molecule has 0 saturated heterocycles. The highest BCUT2D eigenvalue weighted by atomic mass is 35.5. The van der Waals surface area contributed by atoms with Gasteiger partial charge in [-0.05, 0) is 12.5 Å². The van der Waals surface area contributed by atoms with E-state index in [1.165, 1.54) is 0 Å². The van der Waals surface area contributed by atoms with Crippen LogP contribution in [0.5, 0.6) is 0 Å². The maximum Gasteiger partial charge on any atom is 0.149 e. The minimum absolute atomic E-state index is 0.671. The number of nitrogens with one attached hydrogen (secondary N) is 2. The van der Waals surface area contributed by atoms with Gasteiger partial charge in [-0.15, -0.1) is 0 Å². The van der Waals surface area contributed by atoms with E-state index in [4.69, 9.17) is 11.6 Å². The van der Waals surface area contributed by atoms with Gasteiger partial charge in [-0.2, -0.15) is 0 Å². The number of aromatic nitrogens is 1. The molecule has 0 aromatic carbocycles. The van der Waals surface area contributed by atoms with E-state index in [-0.39, 0.29) is 0 Å². The third-order valence-corrected chi connectivity index (χ3v) is 2.02. The van der Waals surface area contributed by atoms with Crippen LogP contribution in [0.25, 0.3) is 0 Å². The van der Waals surface area contributed by atoms with E-state index < -0.39 is 0 Å². The van der Waals surface area contributed by atoms with Crippen molar-refractivity contribution in [3.8, 4) is 0 Å². The van der Waals surface area contributed by atoms with Gasteiger partial charge in [0.05, 0.1) is 10.7 Å². The summed E-state index contributed by atoms with van der Waals surface area (Å²) in [4.78, 5) is 4.17. The van der Waals surface area contributed by atoms with Gasteiger partial charge in [-0.1, -0.05) is 11.6 Å². The minimum atomic E-state index is 0.671. The van der Waals surface area contributed by atoms with Crippen LogP contribution < -0.4 is 10.6 Å². The van der Waals surface area contributed by atoms with Gasteiger partial charge < -0.3 is 10.6 Å². The molecule has 1 aromatic heterocycles. The molecule has 0 spiro atoms. The topological polar surface area (TPSA) is 37.0 Å². The van der Waals surface area contributed by atoms with E-state index in [2.05, 4.69) is 15.6 Å². The Balaban J connectivity index is 2.36. The zero-order chi connectivity index (χ0) is 8.39. The molecule has 3 nitrogen and oxygen atoms in total. The molecule has 1 aliphatic rings. The molecular formula is C8H10ClN3. The predicted molar refractivity (Wildman–Crippen MR) is 50.8 cm³/mol. The molecule has 0 saturated carbocycles. The van der Waals surface area contributed by atoms with Gasteiger partial charge in [0.1, 0.15) is 5.82 Å². The third-order valence-electron chi connectivity index (χ3n) is 1.82. The second-order valence-corrected chi connectivity index (χ2v) is 3.19. The van der Waals surface area contributed by atoms with Gasteiger partial charge in [-0.25, -0.2) is 4.98 Å². The van der Waals surface area contributed by atoms with Gasteiger partial charge >= 0.3 is 0 Å². The lowest BCUT2D eigenvalue weighted by Gasteiger charge is -2.06. The Morgan fingerprint density at radius 1 is 1.33 bits per heavy atom. The number of hydrogen-bond donors (Lipinski definition) is 2. The zero-order valence-corrected chi connectivity index (χ0v) is 7.36. The summed E-state index contributed by atoms with van der Waals surface area (Å²) in [7, 11) is 0. The number of halogens is 1. The van der Waals surface area contributed by atoms with E-state index in [0.29, 0.717) is 5.02 Å². The van der Waals surface area contributed by atoms with Crippen LogP contribution in [0, 0.1) is 0 Å². The SMILES string of the molecule is Clc1cnc2c(c1)NCCCN2. The Labute approximate surface area is 76.1 Å². The van der Waals surface area contributed by atoms with Gasteiger partial charge in [0.25, 0.3) is 0 Å². The molecule has 2 N–H and O–H groups in total. The summed E-state index contributed by atoms with van der Waals surface area (Å²) in [6.45, 7) is 1.94. The summed E-state index contributed by atoms with van der Waals surface area (Å²) in [5.74, 6) is 0.900. The standard InChI is InChI=1S/C8H10ClN3/c9-6-4-7-8(12-5-6)11-3-1-2-10-7/h4-5,10H,1-3H2,(H,11,12). The van der Waals surface area contributed by atoms with E-state index in [1.807, 2.05) is 6.07 Å². The first-order chi connectivity index (χ1) is 5.86. The molecule has 1 aromatic rings. The lowest BCUT2D eigenvalue weighted by molar-refractivity contribution is 0.926. The number of pyridine rings is 1. The number of rotatable bonds is 0. The second kappa shape index (κ2) is 3.19. The molecule has 12 heavy (non-hydrogen) atoms. The largest absolute Gasteiger partial charge is 0.382 e. The first-order valence-electron chi connectivity index (χ1n) is 3.99. The normalized spacial score (nSPS) is 15.4. The molecule has 0 atom stereocenters. The van der Waals surface area contributed by atoms with Crippen LogP contribution in [0.1, 0.15) is 6.42 Å².